The molecular weight excluding hydrogens is 412 g/mol. The fourth-order valence-corrected chi connectivity index (χ4v) is 5.61. The highest BCUT2D eigenvalue weighted by Crippen LogP contribution is 2.36. The highest BCUT2D eigenvalue weighted by Gasteiger charge is 2.41. The topological polar surface area (TPSA) is 89.7 Å². The highest BCUT2D eigenvalue weighted by atomic mass is 35.5. The van der Waals surface area contributed by atoms with Crippen molar-refractivity contribution >= 4 is 27.5 Å². The van der Waals surface area contributed by atoms with Crippen molar-refractivity contribution in [3.63, 3.8) is 0 Å². The summed E-state index contributed by atoms with van der Waals surface area (Å²) in [5.74, 6) is 0.0305. The van der Waals surface area contributed by atoms with Crippen molar-refractivity contribution in [2.75, 3.05) is 19.7 Å². The number of hydrogen-bond donors (Lipinski definition) is 1. The van der Waals surface area contributed by atoms with E-state index < -0.39 is 21.3 Å². The number of sulfonamides is 1. The number of benzene rings is 2. The van der Waals surface area contributed by atoms with Crippen LogP contribution in [0.5, 0.6) is 5.75 Å². The van der Waals surface area contributed by atoms with Gasteiger partial charge in [-0.05, 0) is 36.6 Å². The second-order valence-corrected chi connectivity index (χ2v) is 9.97. The van der Waals surface area contributed by atoms with Crippen LogP contribution in [-0.4, -0.2) is 38.3 Å². The zero-order valence-electron chi connectivity index (χ0n) is 16.1. The predicted molar refractivity (Wildman–Crippen MR) is 113 cm³/mol. The lowest BCUT2D eigenvalue weighted by molar-refractivity contribution is -0.121. The summed E-state index contributed by atoms with van der Waals surface area (Å²) in [4.78, 5) is 11.8. The maximum Gasteiger partial charge on any atom is 0.218 e. The zero-order chi connectivity index (χ0) is 20.9. The number of halogens is 1. The van der Waals surface area contributed by atoms with E-state index in [0.29, 0.717) is 30.2 Å². The van der Waals surface area contributed by atoms with Gasteiger partial charge in [-0.1, -0.05) is 48.0 Å². The van der Waals surface area contributed by atoms with Crippen molar-refractivity contribution < 1.29 is 17.9 Å². The summed E-state index contributed by atoms with van der Waals surface area (Å²) in [7, 11) is -3.53. The SMILES string of the molecule is NC(=O)C[C@]1(COc2cccc(Cl)c2)CCCN(S(=O)(=O)Cc2ccccc2)C1. The number of hydrogen-bond acceptors (Lipinski definition) is 4. The Morgan fingerprint density at radius 2 is 1.93 bits per heavy atom. The molecule has 0 aliphatic carbocycles. The smallest absolute Gasteiger partial charge is 0.218 e. The van der Waals surface area contributed by atoms with E-state index in [1.807, 2.05) is 18.2 Å². The number of nitrogens with zero attached hydrogens (tertiary/aromatic N) is 1. The summed E-state index contributed by atoms with van der Waals surface area (Å²) in [6, 6.07) is 16.0. The van der Waals surface area contributed by atoms with Gasteiger partial charge in [0.2, 0.25) is 15.9 Å². The van der Waals surface area contributed by atoms with Crippen LogP contribution in [-0.2, 0) is 20.6 Å². The van der Waals surface area contributed by atoms with E-state index in [-0.39, 0.29) is 25.3 Å². The largest absolute Gasteiger partial charge is 0.493 e. The Kier molecular flexibility index (Phi) is 6.82. The average Bonchev–Trinajstić information content (AvgIpc) is 2.67. The number of carbonyl (C=O) groups is 1. The Balaban J connectivity index is 1.77. The molecule has 8 heteroatoms. The molecule has 1 fully saturated rings. The van der Waals surface area contributed by atoms with Gasteiger partial charge in [0.1, 0.15) is 5.75 Å². The van der Waals surface area contributed by atoms with E-state index in [4.69, 9.17) is 22.1 Å². The fourth-order valence-electron chi connectivity index (χ4n) is 3.75. The van der Waals surface area contributed by atoms with Crippen molar-refractivity contribution in [1.29, 1.82) is 0 Å². The van der Waals surface area contributed by atoms with E-state index in [2.05, 4.69) is 0 Å². The quantitative estimate of drug-likeness (QED) is 0.688. The first kappa shape index (κ1) is 21.6. The maximum atomic E-state index is 13.0. The first-order valence-corrected chi connectivity index (χ1v) is 11.5. The normalized spacial score (nSPS) is 20.3. The number of primary amides is 1. The minimum atomic E-state index is -3.53. The summed E-state index contributed by atoms with van der Waals surface area (Å²) in [6.07, 6.45) is 1.36. The number of rotatable bonds is 8. The lowest BCUT2D eigenvalue weighted by Crippen LogP contribution is -2.50. The molecule has 29 heavy (non-hydrogen) atoms. The van der Waals surface area contributed by atoms with Gasteiger partial charge in [0.05, 0.1) is 12.4 Å². The van der Waals surface area contributed by atoms with Crippen LogP contribution < -0.4 is 10.5 Å². The van der Waals surface area contributed by atoms with E-state index in [1.54, 1.807) is 36.4 Å². The van der Waals surface area contributed by atoms with Gasteiger partial charge < -0.3 is 10.5 Å². The first-order valence-electron chi connectivity index (χ1n) is 9.46. The summed E-state index contributed by atoms with van der Waals surface area (Å²) in [5, 5.41) is 0.544. The Morgan fingerprint density at radius 3 is 2.62 bits per heavy atom. The Labute approximate surface area is 176 Å². The number of amides is 1. The minimum absolute atomic E-state index is 0.0604. The summed E-state index contributed by atoms with van der Waals surface area (Å²) >= 11 is 6.00. The molecule has 0 radical (unpaired) electrons. The summed E-state index contributed by atoms with van der Waals surface area (Å²) < 4.78 is 33.4. The van der Waals surface area contributed by atoms with Crippen LogP contribution in [0.25, 0.3) is 0 Å². The van der Waals surface area contributed by atoms with Crippen LogP contribution in [0.4, 0.5) is 0 Å². The Hall–Kier alpha value is -2.09. The van der Waals surface area contributed by atoms with Crippen molar-refractivity contribution in [3.8, 4) is 5.75 Å². The zero-order valence-corrected chi connectivity index (χ0v) is 17.7. The molecule has 1 aliphatic heterocycles. The van der Waals surface area contributed by atoms with Gasteiger partial charge in [-0.15, -0.1) is 0 Å². The number of ether oxygens (including phenoxy) is 1. The molecule has 0 aromatic heterocycles. The van der Waals surface area contributed by atoms with E-state index in [1.165, 1.54) is 4.31 Å². The standard InChI is InChI=1S/C21H25ClN2O4S/c22-18-8-4-9-19(12-18)28-16-21(13-20(23)25)10-5-11-24(15-21)29(26,27)14-17-6-2-1-3-7-17/h1-4,6-9,12H,5,10-11,13-16H2,(H2,23,25)/t21-/m1/s1. The minimum Gasteiger partial charge on any atom is -0.493 e. The van der Waals surface area contributed by atoms with Gasteiger partial charge in [0.25, 0.3) is 0 Å². The predicted octanol–water partition coefficient (Wildman–Crippen LogP) is 3.21. The molecule has 3 rings (SSSR count). The van der Waals surface area contributed by atoms with Crippen molar-refractivity contribution in [2.24, 2.45) is 11.1 Å². The number of nitrogens with two attached hydrogens (primary N) is 1. The molecule has 0 bridgehead atoms. The molecule has 1 atom stereocenters. The van der Waals surface area contributed by atoms with E-state index >= 15 is 0 Å². The van der Waals surface area contributed by atoms with Gasteiger partial charge in [-0.3, -0.25) is 4.79 Å². The lowest BCUT2D eigenvalue weighted by Gasteiger charge is -2.41. The Bertz CT molecular complexity index is 952. The van der Waals surface area contributed by atoms with Crippen LogP contribution in [0.15, 0.2) is 54.6 Å². The molecular formula is C21H25ClN2O4S. The first-order chi connectivity index (χ1) is 13.8. The van der Waals surface area contributed by atoms with Gasteiger partial charge >= 0.3 is 0 Å². The molecule has 1 amide bonds. The average molecular weight is 437 g/mol. The molecule has 1 aliphatic rings. The third-order valence-corrected chi connectivity index (χ3v) is 7.13. The van der Waals surface area contributed by atoms with Crippen LogP contribution >= 0.6 is 11.6 Å². The van der Waals surface area contributed by atoms with Crippen LogP contribution in [0.1, 0.15) is 24.8 Å². The van der Waals surface area contributed by atoms with Crippen LogP contribution in [0.2, 0.25) is 5.02 Å². The molecule has 0 saturated carbocycles. The third kappa shape index (κ3) is 5.95. The molecule has 1 saturated heterocycles. The molecule has 2 N–H and O–H groups in total. The van der Waals surface area contributed by atoms with Crippen LogP contribution in [0, 0.1) is 5.41 Å². The van der Waals surface area contributed by atoms with Crippen molar-refractivity contribution in [3.05, 3.63) is 65.2 Å². The second kappa shape index (κ2) is 9.15. The van der Waals surface area contributed by atoms with Crippen molar-refractivity contribution in [1.82, 2.24) is 4.31 Å². The monoisotopic (exact) mass is 436 g/mol. The molecule has 156 valence electrons. The lowest BCUT2D eigenvalue weighted by atomic mass is 9.78. The Morgan fingerprint density at radius 1 is 1.17 bits per heavy atom. The van der Waals surface area contributed by atoms with Crippen molar-refractivity contribution in [2.45, 2.75) is 25.0 Å². The van der Waals surface area contributed by atoms with Gasteiger partial charge in [-0.2, -0.15) is 0 Å². The van der Waals surface area contributed by atoms with Crippen LogP contribution in [0.3, 0.4) is 0 Å². The second-order valence-electron chi connectivity index (χ2n) is 7.57. The number of carbonyl (C=O) groups excluding carboxylic acids is 1. The molecule has 0 spiro atoms. The molecule has 0 unspecified atom stereocenters. The van der Waals surface area contributed by atoms with E-state index in [0.717, 1.165) is 5.56 Å². The number of piperidine rings is 1. The van der Waals surface area contributed by atoms with Gasteiger partial charge in [-0.25, -0.2) is 12.7 Å². The van der Waals surface area contributed by atoms with Gasteiger partial charge in [0.15, 0.2) is 0 Å². The molecule has 2 aromatic rings. The van der Waals surface area contributed by atoms with E-state index in [9.17, 15) is 13.2 Å². The maximum absolute atomic E-state index is 13.0. The molecule has 1 heterocycles. The summed E-state index contributed by atoms with van der Waals surface area (Å²) in [5.41, 5.74) is 5.56. The molecule has 6 nitrogen and oxygen atoms in total. The molecule has 2 aromatic carbocycles. The highest BCUT2D eigenvalue weighted by molar-refractivity contribution is 7.88. The van der Waals surface area contributed by atoms with Gasteiger partial charge in [0, 0.05) is 29.9 Å². The fraction of sp³-hybridized carbons (Fsp3) is 0.381. The summed E-state index contributed by atoms with van der Waals surface area (Å²) in [6.45, 7) is 0.812. The third-order valence-electron chi connectivity index (χ3n) is 5.10.